The molecule has 2 rings (SSSR count). The Morgan fingerprint density at radius 1 is 1.47 bits per heavy atom. The van der Waals surface area contributed by atoms with Crippen molar-refractivity contribution in [3.8, 4) is 0 Å². The Kier molecular flexibility index (Phi) is 4.14. The van der Waals surface area contributed by atoms with Crippen molar-refractivity contribution in [1.29, 1.82) is 0 Å². The van der Waals surface area contributed by atoms with Gasteiger partial charge in [0.2, 0.25) is 0 Å². The van der Waals surface area contributed by atoms with E-state index in [1.807, 2.05) is 13.8 Å². The molecule has 0 aliphatic heterocycles. The van der Waals surface area contributed by atoms with Gasteiger partial charge in [0.1, 0.15) is 17.6 Å². The van der Waals surface area contributed by atoms with Crippen molar-refractivity contribution in [2.75, 3.05) is 0 Å². The maximum atomic E-state index is 13.9. The number of nitrogens with zero attached hydrogens (tertiary/aromatic N) is 3. The molecule has 1 atom stereocenters. The Labute approximate surface area is 115 Å². The van der Waals surface area contributed by atoms with Gasteiger partial charge in [-0.05, 0) is 26.0 Å². The molecule has 1 unspecified atom stereocenters. The second-order valence-corrected chi connectivity index (χ2v) is 4.79. The van der Waals surface area contributed by atoms with Crippen molar-refractivity contribution >= 4 is 11.6 Å². The highest BCUT2D eigenvalue weighted by molar-refractivity contribution is 6.31. The van der Waals surface area contributed by atoms with E-state index < -0.39 is 11.9 Å². The Hall–Kier alpha value is -1.50. The van der Waals surface area contributed by atoms with Crippen LogP contribution in [0.4, 0.5) is 4.39 Å². The van der Waals surface area contributed by atoms with Crippen LogP contribution < -0.4 is 11.3 Å². The summed E-state index contributed by atoms with van der Waals surface area (Å²) in [6, 6.07) is 2.27. The first-order valence-electron chi connectivity index (χ1n) is 5.85. The summed E-state index contributed by atoms with van der Waals surface area (Å²) in [6.07, 6.45) is 3.02. The molecule has 0 saturated carbocycles. The van der Waals surface area contributed by atoms with E-state index in [2.05, 4.69) is 15.5 Å². The summed E-state index contributed by atoms with van der Waals surface area (Å²) < 4.78 is 15.5. The standard InChI is InChI=1S/C12H15ClFN5/c1-7(2)19-12(8(13)6-17-19)11(18-15)10-9(14)4-3-5-16-10/h3-7,11,18H,15H2,1-2H3. The quantitative estimate of drug-likeness (QED) is 0.667. The lowest BCUT2D eigenvalue weighted by molar-refractivity contribution is 0.461. The molecule has 0 bridgehead atoms. The Morgan fingerprint density at radius 3 is 2.79 bits per heavy atom. The molecular weight excluding hydrogens is 269 g/mol. The van der Waals surface area contributed by atoms with Gasteiger partial charge in [-0.1, -0.05) is 11.6 Å². The van der Waals surface area contributed by atoms with Crippen LogP contribution in [0.2, 0.25) is 5.02 Å². The van der Waals surface area contributed by atoms with Gasteiger partial charge in [0.05, 0.1) is 16.9 Å². The third-order valence-electron chi connectivity index (χ3n) is 2.78. The summed E-state index contributed by atoms with van der Waals surface area (Å²) in [5.41, 5.74) is 3.33. The number of hydrazine groups is 1. The highest BCUT2D eigenvalue weighted by atomic mass is 35.5. The molecule has 3 N–H and O–H groups in total. The number of nitrogens with two attached hydrogens (primary N) is 1. The topological polar surface area (TPSA) is 68.8 Å². The first-order valence-corrected chi connectivity index (χ1v) is 6.23. The van der Waals surface area contributed by atoms with Gasteiger partial charge in [-0.25, -0.2) is 9.82 Å². The fraction of sp³-hybridized carbons (Fsp3) is 0.333. The van der Waals surface area contributed by atoms with Gasteiger partial charge in [0.15, 0.2) is 0 Å². The van der Waals surface area contributed by atoms with Crippen LogP contribution in [0.3, 0.4) is 0 Å². The van der Waals surface area contributed by atoms with Crippen LogP contribution in [0.25, 0.3) is 0 Å². The average Bonchev–Trinajstić information content (AvgIpc) is 2.75. The van der Waals surface area contributed by atoms with Crippen LogP contribution in [0.1, 0.15) is 37.3 Å². The minimum atomic E-state index is -0.654. The normalized spacial score (nSPS) is 12.9. The van der Waals surface area contributed by atoms with Gasteiger partial charge in [-0.15, -0.1) is 0 Å². The number of rotatable bonds is 4. The first-order chi connectivity index (χ1) is 9.06. The average molecular weight is 284 g/mol. The van der Waals surface area contributed by atoms with Gasteiger partial charge in [0.25, 0.3) is 0 Å². The van der Waals surface area contributed by atoms with Crippen molar-refractivity contribution in [1.82, 2.24) is 20.2 Å². The summed E-state index contributed by atoms with van der Waals surface area (Å²) in [5, 5.41) is 4.60. The van der Waals surface area contributed by atoms with Gasteiger partial charge in [-0.3, -0.25) is 15.5 Å². The van der Waals surface area contributed by atoms with E-state index in [-0.39, 0.29) is 11.7 Å². The first kappa shape index (κ1) is 13.9. The molecule has 0 spiro atoms. The summed E-state index contributed by atoms with van der Waals surface area (Å²) in [5.74, 6) is 5.10. The maximum Gasteiger partial charge on any atom is 0.146 e. The highest BCUT2D eigenvalue weighted by Crippen LogP contribution is 2.29. The molecule has 0 aliphatic rings. The lowest BCUT2D eigenvalue weighted by Gasteiger charge is -2.20. The molecule has 5 nitrogen and oxygen atoms in total. The number of hydrogen-bond acceptors (Lipinski definition) is 4. The van der Waals surface area contributed by atoms with Crippen molar-refractivity contribution in [3.63, 3.8) is 0 Å². The lowest BCUT2D eigenvalue weighted by atomic mass is 10.1. The van der Waals surface area contributed by atoms with Crippen LogP contribution in [-0.4, -0.2) is 14.8 Å². The molecular formula is C12H15ClFN5. The molecule has 0 amide bonds. The van der Waals surface area contributed by atoms with E-state index in [0.29, 0.717) is 10.7 Å². The van der Waals surface area contributed by atoms with Gasteiger partial charge >= 0.3 is 0 Å². The SMILES string of the molecule is CC(C)n1ncc(Cl)c1C(NN)c1ncccc1F. The fourth-order valence-electron chi connectivity index (χ4n) is 1.93. The lowest BCUT2D eigenvalue weighted by Crippen LogP contribution is -2.32. The van der Waals surface area contributed by atoms with Crippen molar-refractivity contribution in [3.05, 3.63) is 46.8 Å². The van der Waals surface area contributed by atoms with Gasteiger partial charge in [-0.2, -0.15) is 5.10 Å². The predicted octanol–water partition coefficient (Wildman–Crippen LogP) is 2.20. The van der Waals surface area contributed by atoms with Crippen molar-refractivity contribution in [2.24, 2.45) is 5.84 Å². The van der Waals surface area contributed by atoms with Crippen LogP contribution in [0.5, 0.6) is 0 Å². The molecule has 2 heterocycles. The minimum absolute atomic E-state index is 0.0742. The maximum absolute atomic E-state index is 13.9. The second-order valence-electron chi connectivity index (χ2n) is 4.39. The summed E-state index contributed by atoms with van der Waals surface area (Å²) in [7, 11) is 0. The number of halogens is 2. The third kappa shape index (κ3) is 2.60. The van der Waals surface area contributed by atoms with E-state index in [9.17, 15) is 4.39 Å². The van der Waals surface area contributed by atoms with Gasteiger partial charge < -0.3 is 0 Å². The van der Waals surface area contributed by atoms with E-state index >= 15 is 0 Å². The molecule has 0 radical (unpaired) electrons. The van der Waals surface area contributed by atoms with Crippen LogP contribution >= 0.6 is 11.6 Å². The number of aromatic nitrogens is 3. The summed E-state index contributed by atoms with van der Waals surface area (Å²) in [6.45, 7) is 3.91. The number of pyridine rings is 1. The zero-order valence-electron chi connectivity index (χ0n) is 10.6. The summed E-state index contributed by atoms with van der Waals surface area (Å²) >= 11 is 6.14. The Balaban J connectivity index is 2.55. The van der Waals surface area contributed by atoms with Crippen LogP contribution in [-0.2, 0) is 0 Å². The highest BCUT2D eigenvalue weighted by Gasteiger charge is 2.25. The molecule has 2 aromatic heterocycles. The van der Waals surface area contributed by atoms with Crippen molar-refractivity contribution in [2.45, 2.75) is 25.9 Å². The van der Waals surface area contributed by atoms with E-state index in [1.54, 1.807) is 4.68 Å². The van der Waals surface area contributed by atoms with E-state index in [4.69, 9.17) is 17.4 Å². The van der Waals surface area contributed by atoms with E-state index in [1.165, 1.54) is 24.5 Å². The Morgan fingerprint density at radius 2 is 2.21 bits per heavy atom. The molecule has 0 aliphatic carbocycles. The molecule has 0 fully saturated rings. The molecule has 0 saturated heterocycles. The van der Waals surface area contributed by atoms with Crippen LogP contribution in [0.15, 0.2) is 24.5 Å². The molecule has 2 aromatic rings. The third-order valence-corrected chi connectivity index (χ3v) is 3.07. The number of hydrogen-bond donors (Lipinski definition) is 2. The van der Waals surface area contributed by atoms with E-state index in [0.717, 1.165) is 0 Å². The smallest absolute Gasteiger partial charge is 0.146 e. The predicted molar refractivity (Wildman–Crippen MR) is 71.0 cm³/mol. The number of nitrogens with one attached hydrogen (secondary N) is 1. The summed E-state index contributed by atoms with van der Waals surface area (Å²) in [4.78, 5) is 4.03. The largest absolute Gasteiger partial charge is 0.270 e. The monoisotopic (exact) mass is 283 g/mol. The minimum Gasteiger partial charge on any atom is -0.270 e. The molecule has 102 valence electrons. The zero-order chi connectivity index (χ0) is 14.0. The van der Waals surface area contributed by atoms with Crippen LogP contribution in [0, 0.1) is 5.82 Å². The Bertz CT molecular complexity index is 569. The molecule has 7 heteroatoms. The fourth-order valence-corrected chi connectivity index (χ4v) is 2.17. The zero-order valence-corrected chi connectivity index (χ0v) is 11.4. The van der Waals surface area contributed by atoms with Gasteiger partial charge in [0, 0.05) is 12.2 Å². The molecule has 0 aromatic carbocycles. The second kappa shape index (κ2) is 5.64. The molecule has 19 heavy (non-hydrogen) atoms. The van der Waals surface area contributed by atoms with Crippen molar-refractivity contribution < 1.29 is 4.39 Å².